The van der Waals surface area contributed by atoms with Gasteiger partial charge in [0.25, 0.3) is 0 Å². The summed E-state index contributed by atoms with van der Waals surface area (Å²) in [5.41, 5.74) is 2.43. The standard InChI is InChI=1S/C18H26N2/c1-2-3-4-5-6-7-13-19-15-17-11-8-10-16-12-9-14-20-18(16)17/h8-12,14,19H,2-7,13,15H2,1H3. The van der Waals surface area contributed by atoms with Gasteiger partial charge in [-0.25, -0.2) is 0 Å². The van der Waals surface area contributed by atoms with Crippen molar-refractivity contribution in [2.75, 3.05) is 6.54 Å². The lowest BCUT2D eigenvalue weighted by atomic mass is 10.1. The first kappa shape index (κ1) is 15.0. The Morgan fingerprint density at radius 2 is 1.75 bits per heavy atom. The van der Waals surface area contributed by atoms with Gasteiger partial charge in [-0.1, -0.05) is 63.3 Å². The fourth-order valence-electron chi connectivity index (χ4n) is 2.56. The van der Waals surface area contributed by atoms with Crippen LogP contribution in [-0.2, 0) is 6.54 Å². The van der Waals surface area contributed by atoms with E-state index in [1.165, 1.54) is 49.5 Å². The molecular formula is C18H26N2. The smallest absolute Gasteiger partial charge is 0.0746 e. The lowest BCUT2D eigenvalue weighted by molar-refractivity contribution is 0.572. The fraction of sp³-hybridized carbons (Fsp3) is 0.500. The van der Waals surface area contributed by atoms with E-state index in [9.17, 15) is 0 Å². The van der Waals surface area contributed by atoms with E-state index in [2.05, 4.69) is 41.5 Å². The largest absolute Gasteiger partial charge is 0.313 e. The second-order valence-corrected chi connectivity index (χ2v) is 5.44. The van der Waals surface area contributed by atoms with Crippen LogP contribution in [0, 0.1) is 0 Å². The zero-order chi connectivity index (χ0) is 14.0. The van der Waals surface area contributed by atoms with Gasteiger partial charge in [0.05, 0.1) is 5.52 Å². The van der Waals surface area contributed by atoms with Crippen molar-refractivity contribution in [3.8, 4) is 0 Å². The number of hydrogen-bond donors (Lipinski definition) is 1. The highest BCUT2D eigenvalue weighted by molar-refractivity contribution is 5.81. The van der Waals surface area contributed by atoms with E-state index < -0.39 is 0 Å². The minimum absolute atomic E-state index is 0.920. The molecule has 0 amide bonds. The lowest BCUT2D eigenvalue weighted by Crippen LogP contribution is -2.15. The summed E-state index contributed by atoms with van der Waals surface area (Å²) in [4.78, 5) is 4.49. The van der Waals surface area contributed by atoms with Gasteiger partial charge in [0, 0.05) is 18.1 Å². The van der Waals surface area contributed by atoms with Crippen molar-refractivity contribution in [1.29, 1.82) is 0 Å². The van der Waals surface area contributed by atoms with Crippen LogP contribution in [0.15, 0.2) is 36.5 Å². The zero-order valence-corrected chi connectivity index (χ0v) is 12.6. The number of fused-ring (bicyclic) bond motifs is 1. The van der Waals surface area contributed by atoms with Gasteiger partial charge in [-0.2, -0.15) is 0 Å². The Labute approximate surface area is 122 Å². The Kier molecular flexibility index (Phi) is 6.52. The Bertz CT molecular complexity index is 502. The van der Waals surface area contributed by atoms with Crippen LogP contribution < -0.4 is 5.32 Å². The number of benzene rings is 1. The molecule has 0 aliphatic rings. The summed E-state index contributed by atoms with van der Waals surface area (Å²) in [5.74, 6) is 0. The van der Waals surface area contributed by atoms with Crippen molar-refractivity contribution in [1.82, 2.24) is 10.3 Å². The molecule has 2 heteroatoms. The predicted octanol–water partition coefficient (Wildman–Crippen LogP) is 4.68. The Morgan fingerprint density at radius 1 is 0.950 bits per heavy atom. The summed E-state index contributed by atoms with van der Waals surface area (Å²) in [7, 11) is 0. The van der Waals surface area contributed by atoms with E-state index in [0.717, 1.165) is 18.6 Å². The van der Waals surface area contributed by atoms with Crippen LogP contribution in [0.25, 0.3) is 10.9 Å². The van der Waals surface area contributed by atoms with Crippen LogP contribution in [0.5, 0.6) is 0 Å². The predicted molar refractivity (Wildman–Crippen MR) is 86.8 cm³/mol. The number of nitrogens with one attached hydrogen (secondary N) is 1. The Hall–Kier alpha value is -1.41. The molecule has 0 aliphatic heterocycles. The summed E-state index contributed by atoms with van der Waals surface area (Å²) in [6, 6.07) is 10.5. The van der Waals surface area contributed by atoms with Crippen molar-refractivity contribution in [3.05, 3.63) is 42.1 Å². The monoisotopic (exact) mass is 270 g/mol. The molecule has 2 aromatic rings. The van der Waals surface area contributed by atoms with E-state index in [4.69, 9.17) is 0 Å². The summed E-state index contributed by atoms with van der Waals surface area (Å²) in [6.07, 6.45) is 9.98. The molecule has 0 saturated heterocycles. The zero-order valence-electron chi connectivity index (χ0n) is 12.6. The normalized spacial score (nSPS) is 11.1. The quantitative estimate of drug-likeness (QED) is 0.669. The van der Waals surface area contributed by atoms with E-state index in [1.54, 1.807) is 0 Å². The van der Waals surface area contributed by atoms with Gasteiger partial charge < -0.3 is 5.32 Å². The molecule has 0 atom stereocenters. The molecule has 20 heavy (non-hydrogen) atoms. The first-order valence-electron chi connectivity index (χ1n) is 7.95. The van der Waals surface area contributed by atoms with Gasteiger partial charge in [0.2, 0.25) is 0 Å². The maximum absolute atomic E-state index is 4.49. The molecule has 0 aliphatic carbocycles. The molecule has 0 radical (unpaired) electrons. The SMILES string of the molecule is CCCCCCCCNCc1cccc2cccnc12. The minimum atomic E-state index is 0.920. The molecular weight excluding hydrogens is 244 g/mol. The molecule has 1 aromatic heterocycles. The highest BCUT2D eigenvalue weighted by Gasteiger charge is 2.00. The van der Waals surface area contributed by atoms with Gasteiger partial charge in [0.1, 0.15) is 0 Å². The molecule has 1 aromatic carbocycles. The first-order chi connectivity index (χ1) is 9.92. The first-order valence-corrected chi connectivity index (χ1v) is 7.95. The molecule has 2 nitrogen and oxygen atoms in total. The van der Waals surface area contributed by atoms with Gasteiger partial charge in [0.15, 0.2) is 0 Å². The van der Waals surface area contributed by atoms with Crippen molar-refractivity contribution in [2.45, 2.75) is 52.0 Å². The van der Waals surface area contributed by atoms with E-state index in [0.29, 0.717) is 0 Å². The molecule has 0 spiro atoms. The Balaban J connectivity index is 1.71. The van der Waals surface area contributed by atoms with Crippen LogP contribution in [0.4, 0.5) is 0 Å². The maximum atomic E-state index is 4.49. The third-order valence-corrected chi connectivity index (χ3v) is 3.74. The van der Waals surface area contributed by atoms with Gasteiger partial charge >= 0.3 is 0 Å². The number of nitrogens with zero attached hydrogens (tertiary/aromatic N) is 1. The molecule has 2 rings (SSSR count). The molecule has 1 N–H and O–H groups in total. The second kappa shape index (κ2) is 8.70. The average molecular weight is 270 g/mol. The number of rotatable bonds is 9. The van der Waals surface area contributed by atoms with E-state index in [1.807, 2.05) is 12.3 Å². The van der Waals surface area contributed by atoms with Crippen molar-refractivity contribution >= 4 is 10.9 Å². The Morgan fingerprint density at radius 3 is 2.65 bits per heavy atom. The van der Waals surface area contributed by atoms with E-state index in [-0.39, 0.29) is 0 Å². The third kappa shape index (κ3) is 4.61. The molecule has 108 valence electrons. The van der Waals surface area contributed by atoms with Crippen LogP contribution >= 0.6 is 0 Å². The highest BCUT2D eigenvalue weighted by atomic mass is 14.8. The molecule has 0 unspecified atom stereocenters. The van der Waals surface area contributed by atoms with Crippen LogP contribution in [0.1, 0.15) is 51.0 Å². The van der Waals surface area contributed by atoms with Crippen molar-refractivity contribution in [3.63, 3.8) is 0 Å². The number of pyridine rings is 1. The fourth-order valence-corrected chi connectivity index (χ4v) is 2.56. The molecule has 0 saturated carbocycles. The molecule has 0 bridgehead atoms. The van der Waals surface area contributed by atoms with Crippen molar-refractivity contribution in [2.24, 2.45) is 0 Å². The van der Waals surface area contributed by atoms with Crippen LogP contribution in [0.3, 0.4) is 0 Å². The topological polar surface area (TPSA) is 24.9 Å². The third-order valence-electron chi connectivity index (χ3n) is 3.74. The summed E-state index contributed by atoms with van der Waals surface area (Å²) in [6.45, 7) is 4.29. The summed E-state index contributed by atoms with van der Waals surface area (Å²) in [5, 5.41) is 4.77. The highest BCUT2D eigenvalue weighted by Crippen LogP contribution is 2.15. The number of unbranched alkanes of at least 4 members (excludes halogenated alkanes) is 5. The van der Waals surface area contributed by atoms with Gasteiger partial charge in [-0.05, 0) is 24.6 Å². The van der Waals surface area contributed by atoms with Crippen LogP contribution in [0.2, 0.25) is 0 Å². The summed E-state index contributed by atoms with van der Waals surface area (Å²) < 4.78 is 0. The van der Waals surface area contributed by atoms with Gasteiger partial charge in [-0.3, -0.25) is 4.98 Å². The lowest BCUT2D eigenvalue weighted by Gasteiger charge is -2.07. The molecule has 1 heterocycles. The summed E-state index contributed by atoms with van der Waals surface area (Å²) >= 11 is 0. The van der Waals surface area contributed by atoms with E-state index >= 15 is 0 Å². The van der Waals surface area contributed by atoms with Crippen LogP contribution in [-0.4, -0.2) is 11.5 Å². The van der Waals surface area contributed by atoms with Gasteiger partial charge in [-0.15, -0.1) is 0 Å². The average Bonchev–Trinajstić information content (AvgIpc) is 2.50. The number of hydrogen-bond acceptors (Lipinski definition) is 2. The minimum Gasteiger partial charge on any atom is -0.313 e. The number of aromatic nitrogens is 1. The molecule has 0 fully saturated rings. The second-order valence-electron chi connectivity index (χ2n) is 5.44. The maximum Gasteiger partial charge on any atom is 0.0746 e. The van der Waals surface area contributed by atoms with Crippen molar-refractivity contribution < 1.29 is 0 Å². The number of para-hydroxylation sites is 1.